The van der Waals surface area contributed by atoms with E-state index >= 15 is 0 Å². The summed E-state index contributed by atoms with van der Waals surface area (Å²) < 4.78 is 0. The second-order valence-electron chi connectivity index (χ2n) is 12.0. The third kappa shape index (κ3) is 4.87. The maximum absolute atomic E-state index is 2.52. The van der Waals surface area contributed by atoms with Crippen molar-refractivity contribution in [3.05, 3.63) is 180 Å². The second kappa shape index (κ2) is 11.5. The third-order valence-corrected chi connectivity index (χ3v) is 9.52. The molecule has 0 fully saturated rings. The van der Waals surface area contributed by atoms with E-state index in [9.17, 15) is 0 Å². The van der Waals surface area contributed by atoms with Crippen LogP contribution in [-0.4, -0.2) is 0 Å². The van der Waals surface area contributed by atoms with E-state index in [0.29, 0.717) is 12.1 Å². The van der Waals surface area contributed by atoms with Gasteiger partial charge in [0, 0.05) is 22.7 Å². The van der Waals surface area contributed by atoms with E-state index in [1.165, 1.54) is 56.1 Å². The molecule has 0 aliphatic heterocycles. The molecule has 2 atom stereocenters. The summed E-state index contributed by atoms with van der Waals surface area (Å²) in [6, 6.07) is 58.5. The van der Waals surface area contributed by atoms with Crippen molar-refractivity contribution in [3.63, 3.8) is 0 Å². The molecular formula is C42H36N2. The molecule has 0 saturated carbocycles. The highest BCUT2D eigenvalue weighted by Crippen LogP contribution is 2.45. The zero-order chi connectivity index (χ0) is 29.3. The van der Waals surface area contributed by atoms with Crippen molar-refractivity contribution in [1.82, 2.24) is 0 Å². The Hall–Kier alpha value is -5.08. The van der Waals surface area contributed by atoms with Crippen LogP contribution in [0.3, 0.4) is 0 Å². The van der Waals surface area contributed by atoms with Gasteiger partial charge >= 0.3 is 0 Å². The first-order valence-electron chi connectivity index (χ1n) is 15.9. The summed E-state index contributed by atoms with van der Waals surface area (Å²) >= 11 is 0. The van der Waals surface area contributed by atoms with Crippen LogP contribution in [0.15, 0.2) is 158 Å². The summed E-state index contributed by atoms with van der Waals surface area (Å²) in [5.74, 6) is 0. The largest absolute Gasteiger partial charge is 0.334 e. The van der Waals surface area contributed by atoms with E-state index in [0.717, 1.165) is 25.7 Å². The number of rotatable bonds is 7. The van der Waals surface area contributed by atoms with E-state index in [-0.39, 0.29) is 0 Å². The van der Waals surface area contributed by atoms with E-state index in [2.05, 4.69) is 168 Å². The van der Waals surface area contributed by atoms with Crippen molar-refractivity contribution < 1.29 is 0 Å². The van der Waals surface area contributed by atoms with Crippen molar-refractivity contribution in [2.24, 2.45) is 0 Å². The molecule has 6 aromatic rings. The molecule has 0 N–H and O–H groups in total. The molecule has 0 amide bonds. The normalized spacial score (nSPS) is 16.7. The Kier molecular flexibility index (Phi) is 6.96. The van der Waals surface area contributed by atoms with Crippen LogP contribution in [0.4, 0.5) is 22.7 Å². The first kappa shape index (κ1) is 26.5. The summed E-state index contributed by atoms with van der Waals surface area (Å²) in [4.78, 5) is 5.05. The molecule has 2 nitrogen and oxygen atoms in total. The first-order valence-corrected chi connectivity index (χ1v) is 15.9. The molecule has 0 spiro atoms. The summed E-state index contributed by atoms with van der Waals surface area (Å²) in [5, 5.41) is 0. The van der Waals surface area contributed by atoms with Gasteiger partial charge in [-0.3, -0.25) is 0 Å². The quantitative estimate of drug-likeness (QED) is 0.189. The number of hydrogen-bond donors (Lipinski definition) is 0. The number of benzene rings is 6. The maximum Gasteiger partial charge on any atom is 0.0597 e. The standard InChI is InChI=1S/C42H36N2/c1-3-13-35(14-4-1)43(41-29-23-33-11-7-9-17-39(33)41)37-25-19-31(20-26-37)32-21-27-38(28-22-32)44(36-15-5-2-6-16-36)42-30-24-34-12-8-10-18-40(34)42/h1-22,25-28,41-42H,23-24,29-30H2. The summed E-state index contributed by atoms with van der Waals surface area (Å²) in [6.45, 7) is 0. The SMILES string of the molecule is c1ccc(N(c2ccc(-c3ccc(N(c4ccccc4)C4CCc5ccccc54)cc3)cc2)C2CCc3ccccc32)cc1. The molecule has 2 unspecified atom stereocenters. The van der Waals surface area contributed by atoms with Gasteiger partial charge in [-0.2, -0.15) is 0 Å². The predicted octanol–water partition coefficient (Wildman–Crippen LogP) is 11.0. The summed E-state index contributed by atoms with van der Waals surface area (Å²) in [6.07, 6.45) is 4.50. The van der Waals surface area contributed by atoms with Gasteiger partial charge in [-0.25, -0.2) is 0 Å². The van der Waals surface area contributed by atoms with Gasteiger partial charge in [0.05, 0.1) is 12.1 Å². The van der Waals surface area contributed by atoms with Gasteiger partial charge in [0.2, 0.25) is 0 Å². The molecule has 0 bridgehead atoms. The zero-order valence-electron chi connectivity index (χ0n) is 24.9. The van der Waals surface area contributed by atoms with Crippen LogP contribution >= 0.6 is 0 Å². The number of nitrogens with zero attached hydrogens (tertiary/aromatic N) is 2. The molecule has 0 aromatic heterocycles. The smallest absolute Gasteiger partial charge is 0.0597 e. The fourth-order valence-electron chi connectivity index (χ4n) is 7.43. The minimum atomic E-state index is 0.337. The molecule has 0 saturated heterocycles. The predicted molar refractivity (Wildman–Crippen MR) is 184 cm³/mol. The molecule has 8 rings (SSSR count). The lowest BCUT2D eigenvalue weighted by Crippen LogP contribution is -2.22. The van der Waals surface area contributed by atoms with E-state index in [4.69, 9.17) is 0 Å². The van der Waals surface area contributed by atoms with Crippen LogP contribution in [0.25, 0.3) is 11.1 Å². The first-order chi connectivity index (χ1) is 21.8. The lowest BCUT2D eigenvalue weighted by Gasteiger charge is -2.32. The number of fused-ring (bicyclic) bond motifs is 2. The number of hydrogen-bond acceptors (Lipinski definition) is 2. The van der Waals surface area contributed by atoms with Gasteiger partial charge in [-0.1, -0.05) is 109 Å². The molecule has 0 radical (unpaired) electrons. The number of aryl methyl sites for hydroxylation is 2. The topological polar surface area (TPSA) is 6.48 Å². The fraction of sp³-hybridized carbons (Fsp3) is 0.143. The Morgan fingerprint density at radius 3 is 1.09 bits per heavy atom. The van der Waals surface area contributed by atoms with Gasteiger partial charge in [0.1, 0.15) is 0 Å². The fourth-order valence-corrected chi connectivity index (χ4v) is 7.43. The van der Waals surface area contributed by atoms with Crippen LogP contribution < -0.4 is 9.80 Å². The van der Waals surface area contributed by atoms with Crippen molar-refractivity contribution in [2.45, 2.75) is 37.8 Å². The molecule has 0 heterocycles. The van der Waals surface area contributed by atoms with Crippen LogP contribution in [0.1, 0.15) is 47.2 Å². The highest BCUT2D eigenvalue weighted by Gasteiger charge is 2.30. The van der Waals surface area contributed by atoms with Gasteiger partial charge in [-0.15, -0.1) is 0 Å². The molecular weight excluding hydrogens is 532 g/mol. The monoisotopic (exact) mass is 568 g/mol. The van der Waals surface area contributed by atoms with Crippen LogP contribution in [0, 0.1) is 0 Å². The average molecular weight is 569 g/mol. The Balaban J connectivity index is 1.10. The molecule has 2 aliphatic carbocycles. The van der Waals surface area contributed by atoms with Gasteiger partial charge < -0.3 is 9.80 Å². The number of anilines is 4. The van der Waals surface area contributed by atoms with Gasteiger partial charge in [0.25, 0.3) is 0 Å². The summed E-state index contributed by atoms with van der Waals surface area (Å²) in [7, 11) is 0. The lowest BCUT2D eigenvalue weighted by atomic mass is 10.0. The van der Waals surface area contributed by atoms with Crippen molar-refractivity contribution >= 4 is 22.7 Å². The van der Waals surface area contributed by atoms with Gasteiger partial charge in [-0.05, 0) is 108 Å². The van der Waals surface area contributed by atoms with E-state index in [1.54, 1.807) is 0 Å². The van der Waals surface area contributed by atoms with Crippen LogP contribution in [-0.2, 0) is 12.8 Å². The second-order valence-corrected chi connectivity index (χ2v) is 12.0. The highest BCUT2D eigenvalue weighted by molar-refractivity contribution is 5.74. The Bertz CT molecular complexity index is 1720. The number of para-hydroxylation sites is 2. The average Bonchev–Trinajstić information content (AvgIpc) is 3.72. The Labute approximate surface area is 260 Å². The van der Waals surface area contributed by atoms with Crippen LogP contribution in [0.5, 0.6) is 0 Å². The van der Waals surface area contributed by atoms with Gasteiger partial charge in [0.15, 0.2) is 0 Å². The minimum absolute atomic E-state index is 0.337. The van der Waals surface area contributed by atoms with Crippen molar-refractivity contribution in [3.8, 4) is 11.1 Å². The van der Waals surface area contributed by atoms with Crippen molar-refractivity contribution in [1.29, 1.82) is 0 Å². The third-order valence-electron chi connectivity index (χ3n) is 9.52. The minimum Gasteiger partial charge on any atom is -0.334 e. The molecule has 44 heavy (non-hydrogen) atoms. The lowest BCUT2D eigenvalue weighted by molar-refractivity contribution is 0.686. The Morgan fingerprint density at radius 1 is 0.341 bits per heavy atom. The molecule has 2 heteroatoms. The maximum atomic E-state index is 2.52. The van der Waals surface area contributed by atoms with E-state index < -0.39 is 0 Å². The van der Waals surface area contributed by atoms with E-state index in [1.807, 2.05) is 0 Å². The van der Waals surface area contributed by atoms with Crippen molar-refractivity contribution in [2.75, 3.05) is 9.80 Å². The summed E-state index contributed by atoms with van der Waals surface area (Å²) in [5.41, 5.74) is 13.2. The highest BCUT2D eigenvalue weighted by atomic mass is 15.2. The van der Waals surface area contributed by atoms with Crippen LogP contribution in [0.2, 0.25) is 0 Å². The molecule has 214 valence electrons. The Morgan fingerprint density at radius 2 is 0.682 bits per heavy atom. The molecule has 2 aliphatic rings. The zero-order valence-corrected chi connectivity index (χ0v) is 24.9. The molecule has 6 aromatic carbocycles.